The third-order valence-corrected chi connectivity index (χ3v) is 1.97. The van der Waals surface area contributed by atoms with Crippen LogP contribution in [-0.4, -0.2) is 30.4 Å². The summed E-state index contributed by atoms with van der Waals surface area (Å²) in [6.07, 6.45) is -1.88. The molecule has 0 unspecified atom stereocenters. The molecule has 1 aromatic rings. The highest BCUT2D eigenvalue weighted by molar-refractivity contribution is 6.18. The Labute approximate surface area is 94.8 Å². The largest absolute Gasteiger partial charge is 0.347 e. The number of aromatic nitrogens is 1. The lowest BCUT2D eigenvalue weighted by molar-refractivity contribution is 0.154. The van der Waals surface area contributed by atoms with Crippen LogP contribution in [0.3, 0.4) is 0 Å². The highest BCUT2D eigenvalue weighted by Crippen LogP contribution is 2.17. The summed E-state index contributed by atoms with van der Waals surface area (Å²) >= 11 is 5.40. The van der Waals surface area contributed by atoms with Crippen LogP contribution in [0.1, 0.15) is 0 Å². The summed E-state index contributed by atoms with van der Waals surface area (Å²) in [5.41, 5.74) is 0. The zero-order valence-electron chi connectivity index (χ0n) is 8.14. The van der Waals surface area contributed by atoms with E-state index in [0.717, 1.165) is 11.1 Å². The molecule has 16 heavy (non-hydrogen) atoms. The summed E-state index contributed by atoms with van der Waals surface area (Å²) in [6.45, 7) is -0.677. The quantitative estimate of drug-likeness (QED) is 0.595. The van der Waals surface area contributed by atoms with E-state index in [1.165, 1.54) is 0 Å². The van der Waals surface area contributed by atoms with Crippen molar-refractivity contribution in [3.8, 4) is 0 Å². The molecule has 0 saturated heterocycles. The Bertz CT molecular complexity index is 348. The normalized spacial score (nSPS) is 10.9. The van der Waals surface area contributed by atoms with Crippen LogP contribution in [0.25, 0.3) is 0 Å². The number of pyridine rings is 1. The fourth-order valence-corrected chi connectivity index (χ4v) is 1.40. The van der Waals surface area contributed by atoms with Crippen LogP contribution in [0.2, 0.25) is 0 Å². The molecule has 0 aliphatic heterocycles. The molecule has 0 bridgehead atoms. The first-order valence-corrected chi connectivity index (χ1v) is 4.98. The van der Waals surface area contributed by atoms with E-state index in [-0.39, 0.29) is 18.2 Å². The third kappa shape index (κ3) is 3.52. The van der Waals surface area contributed by atoms with Crippen molar-refractivity contribution in [2.75, 3.05) is 23.9 Å². The van der Waals surface area contributed by atoms with E-state index in [1.807, 2.05) is 0 Å². The van der Waals surface area contributed by atoms with Gasteiger partial charge in [0.05, 0.1) is 12.7 Å². The molecule has 0 atom stereocenters. The summed E-state index contributed by atoms with van der Waals surface area (Å²) in [5.74, 6) is -2.11. The third-order valence-electron chi connectivity index (χ3n) is 1.80. The minimum atomic E-state index is -2.64. The van der Waals surface area contributed by atoms with Crippen molar-refractivity contribution >= 4 is 17.4 Å². The van der Waals surface area contributed by atoms with Crippen molar-refractivity contribution in [3.63, 3.8) is 0 Å². The van der Waals surface area contributed by atoms with E-state index >= 15 is 0 Å². The highest BCUT2D eigenvalue weighted by Gasteiger charge is 2.17. The van der Waals surface area contributed by atoms with Crippen molar-refractivity contribution in [1.82, 2.24) is 4.98 Å². The Morgan fingerprint density at radius 1 is 1.38 bits per heavy atom. The first-order chi connectivity index (χ1) is 7.54. The van der Waals surface area contributed by atoms with Gasteiger partial charge in [0, 0.05) is 18.5 Å². The SMILES string of the molecule is Fc1cnc(N(CCCl)CC(F)F)c(F)c1. The number of anilines is 1. The maximum Gasteiger partial charge on any atom is 0.255 e. The van der Waals surface area contributed by atoms with E-state index in [1.54, 1.807) is 0 Å². The molecule has 1 aromatic heterocycles. The molecule has 0 aromatic carbocycles. The topological polar surface area (TPSA) is 16.1 Å². The predicted octanol–water partition coefficient (Wildman–Crippen LogP) is 2.67. The van der Waals surface area contributed by atoms with Gasteiger partial charge in [-0.15, -0.1) is 11.6 Å². The maximum atomic E-state index is 13.2. The van der Waals surface area contributed by atoms with Gasteiger partial charge >= 0.3 is 0 Å². The number of rotatable bonds is 5. The molecule has 0 fully saturated rings. The highest BCUT2D eigenvalue weighted by atomic mass is 35.5. The summed E-state index contributed by atoms with van der Waals surface area (Å²) in [7, 11) is 0. The van der Waals surface area contributed by atoms with Gasteiger partial charge in [0.2, 0.25) is 0 Å². The molecule has 0 N–H and O–H groups in total. The smallest absolute Gasteiger partial charge is 0.255 e. The molecule has 0 radical (unpaired) electrons. The molecule has 1 heterocycles. The molecule has 0 amide bonds. The van der Waals surface area contributed by atoms with Gasteiger partial charge in [-0.2, -0.15) is 0 Å². The number of hydrogen-bond acceptors (Lipinski definition) is 2. The zero-order valence-corrected chi connectivity index (χ0v) is 8.89. The minimum absolute atomic E-state index is 0.0153. The Morgan fingerprint density at radius 2 is 2.06 bits per heavy atom. The second kappa shape index (κ2) is 5.89. The van der Waals surface area contributed by atoms with Crippen molar-refractivity contribution in [1.29, 1.82) is 0 Å². The Kier molecular flexibility index (Phi) is 4.79. The van der Waals surface area contributed by atoms with Gasteiger partial charge in [0.15, 0.2) is 11.6 Å². The van der Waals surface area contributed by atoms with Crippen LogP contribution in [0, 0.1) is 11.6 Å². The van der Waals surface area contributed by atoms with Crippen LogP contribution in [0.4, 0.5) is 23.4 Å². The number of alkyl halides is 3. The van der Waals surface area contributed by atoms with Crippen LogP contribution < -0.4 is 4.90 Å². The molecular formula is C9H9ClF4N2. The Morgan fingerprint density at radius 3 is 2.56 bits per heavy atom. The Hall–Kier alpha value is -1.04. The minimum Gasteiger partial charge on any atom is -0.347 e. The van der Waals surface area contributed by atoms with Gasteiger partial charge in [0.1, 0.15) is 5.82 Å². The van der Waals surface area contributed by atoms with Gasteiger partial charge in [-0.25, -0.2) is 22.5 Å². The van der Waals surface area contributed by atoms with Crippen LogP contribution in [0.15, 0.2) is 12.3 Å². The first-order valence-electron chi connectivity index (χ1n) is 4.44. The molecule has 1 rings (SSSR count). The standard InChI is InChI=1S/C9H9ClF4N2/c10-1-2-16(5-8(13)14)9-7(12)3-6(11)4-15-9/h3-4,8H,1-2,5H2. The lowest BCUT2D eigenvalue weighted by Gasteiger charge is -2.22. The predicted molar refractivity (Wildman–Crippen MR) is 53.1 cm³/mol. The molecule has 0 aliphatic carbocycles. The molecule has 2 nitrogen and oxygen atoms in total. The van der Waals surface area contributed by atoms with Gasteiger partial charge in [-0.3, -0.25) is 0 Å². The first kappa shape index (κ1) is 13.0. The number of nitrogens with zero attached hydrogens (tertiary/aromatic N) is 2. The van der Waals surface area contributed by atoms with Crippen molar-refractivity contribution in [2.24, 2.45) is 0 Å². The number of hydrogen-bond donors (Lipinski definition) is 0. The van der Waals surface area contributed by atoms with E-state index in [2.05, 4.69) is 4.98 Å². The lowest BCUT2D eigenvalue weighted by atomic mass is 10.4. The molecule has 0 spiro atoms. The molecular weight excluding hydrogens is 248 g/mol. The van der Waals surface area contributed by atoms with Crippen LogP contribution in [-0.2, 0) is 0 Å². The van der Waals surface area contributed by atoms with Crippen LogP contribution in [0.5, 0.6) is 0 Å². The van der Waals surface area contributed by atoms with E-state index in [4.69, 9.17) is 11.6 Å². The van der Waals surface area contributed by atoms with Crippen molar-refractivity contribution in [3.05, 3.63) is 23.9 Å². The summed E-state index contributed by atoms with van der Waals surface area (Å²) in [4.78, 5) is 4.41. The van der Waals surface area contributed by atoms with Gasteiger partial charge in [0.25, 0.3) is 6.43 Å². The number of halogens is 5. The van der Waals surface area contributed by atoms with Crippen molar-refractivity contribution < 1.29 is 17.6 Å². The molecule has 0 aliphatic rings. The molecule has 7 heteroatoms. The van der Waals surface area contributed by atoms with E-state index in [0.29, 0.717) is 6.07 Å². The fraction of sp³-hybridized carbons (Fsp3) is 0.444. The van der Waals surface area contributed by atoms with Crippen molar-refractivity contribution in [2.45, 2.75) is 6.43 Å². The monoisotopic (exact) mass is 256 g/mol. The second-order valence-electron chi connectivity index (χ2n) is 2.99. The second-order valence-corrected chi connectivity index (χ2v) is 3.36. The summed E-state index contributed by atoms with van der Waals surface area (Å²) in [5, 5.41) is 0. The zero-order chi connectivity index (χ0) is 12.1. The van der Waals surface area contributed by atoms with Crippen LogP contribution >= 0.6 is 11.6 Å². The average Bonchev–Trinajstić information content (AvgIpc) is 2.16. The maximum absolute atomic E-state index is 13.2. The van der Waals surface area contributed by atoms with Gasteiger partial charge in [-0.05, 0) is 0 Å². The van der Waals surface area contributed by atoms with Gasteiger partial charge < -0.3 is 4.90 Å². The lowest BCUT2D eigenvalue weighted by Crippen LogP contribution is -2.32. The average molecular weight is 257 g/mol. The molecule has 0 saturated carbocycles. The summed E-state index contributed by atoms with van der Waals surface area (Å²) < 4.78 is 50.2. The Balaban J connectivity index is 2.91. The van der Waals surface area contributed by atoms with E-state index < -0.39 is 24.6 Å². The fourth-order valence-electron chi connectivity index (χ4n) is 1.19. The van der Waals surface area contributed by atoms with E-state index in [9.17, 15) is 17.6 Å². The summed E-state index contributed by atoms with van der Waals surface area (Å²) in [6, 6.07) is 0.592. The van der Waals surface area contributed by atoms with Gasteiger partial charge in [-0.1, -0.05) is 0 Å². The molecule has 90 valence electrons.